The lowest BCUT2D eigenvalue weighted by molar-refractivity contribution is 0.764. The summed E-state index contributed by atoms with van der Waals surface area (Å²) < 4.78 is 1.96. The van der Waals surface area contributed by atoms with Crippen molar-refractivity contribution in [3.8, 4) is 0 Å². The van der Waals surface area contributed by atoms with Crippen molar-refractivity contribution in [2.45, 2.75) is 18.7 Å². The summed E-state index contributed by atoms with van der Waals surface area (Å²) in [6.45, 7) is 2.90. The molecule has 1 atom stereocenters. The van der Waals surface area contributed by atoms with Crippen LogP contribution < -0.4 is 4.90 Å². The van der Waals surface area contributed by atoms with Crippen molar-refractivity contribution in [3.63, 3.8) is 0 Å². The summed E-state index contributed by atoms with van der Waals surface area (Å²) >= 11 is 12.8. The molecule has 0 spiro atoms. The molecule has 0 aromatic carbocycles. The molecule has 1 aromatic heterocycles. The van der Waals surface area contributed by atoms with Crippen molar-refractivity contribution in [2.24, 2.45) is 0 Å². The molecule has 0 aliphatic carbocycles. The number of aromatic nitrogens is 1. The Balaban J connectivity index is 2.69. The summed E-state index contributed by atoms with van der Waals surface area (Å²) in [6, 6.07) is 1.99. The van der Waals surface area contributed by atoms with Gasteiger partial charge in [0, 0.05) is 29.6 Å². The maximum Gasteiger partial charge on any atom is 0.142 e. The van der Waals surface area contributed by atoms with Crippen molar-refractivity contribution in [3.05, 3.63) is 21.2 Å². The Morgan fingerprint density at radius 2 is 2.20 bits per heavy atom. The molecular formula is C10H13Br2ClN2. The van der Waals surface area contributed by atoms with Gasteiger partial charge in [-0.25, -0.2) is 4.98 Å². The quantitative estimate of drug-likeness (QED) is 0.757. The first-order valence-electron chi connectivity index (χ1n) is 4.67. The Morgan fingerprint density at radius 1 is 1.53 bits per heavy atom. The summed E-state index contributed by atoms with van der Waals surface area (Å²) in [7, 11) is 2.01. The van der Waals surface area contributed by atoms with Crippen molar-refractivity contribution in [2.75, 3.05) is 18.5 Å². The first kappa shape index (κ1) is 13.3. The highest BCUT2D eigenvalue weighted by atomic mass is 79.9. The monoisotopic (exact) mass is 354 g/mol. The largest absolute Gasteiger partial charge is 0.359 e. The van der Waals surface area contributed by atoms with Gasteiger partial charge in [0.15, 0.2) is 0 Å². The summed E-state index contributed by atoms with van der Waals surface area (Å²) in [5.41, 5.74) is 0. The number of nitrogens with zero attached hydrogens (tertiary/aromatic N) is 2. The van der Waals surface area contributed by atoms with Gasteiger partial charge in [-0.15, -0.1) is 11.6 Å². The number of rotatable bonds is 4. The Bertz CT molecular complexity index is 331. The standard InChI is InChI=1S/C10H13Br2ClN2/c1-7(13)3-4-15(2)10-9(12)5-8(11)6-14-10/h5-7H,3-4H2,1-2H3. The zero-order valence-corrected chi connectivity index (χ0v) is 12.6. The van der Waals surface area contributed by atoms with Crippen molar-refractivity contribution >= 4 is 49.3 Å². The van der Waals surface area contributed by atoms with Crippen molar-refractivity contribution < 1.29 is 0 Å². The van der Waals surface area contributed by atoms with E-state index < -0.39 is 0 Å². The zero-order valence-electron chi connectivity index (χ0n) is 8.67. The van der Waals surface area contributed by atoms with Crippen LogP contribution in [-0.2, 0) is 0 Å². The second-order valence-electron chi connectivity index (χ2n) is 3.45. The Labute approximate surface area is 112 Å². The molecule has 5 heteroatoms. The zero-order chi connectivity index (χ0) is 11.4. The minimum absolute atomic E-state index is 0.196. The minimum atomic E-state index is 0.196. The van der Waals surface area contributed by atoms with Gasteiger partial charge in [-0.05, 0) is 51.3 Å². The van der Waals surface area contributed by atoms with Crippen LogP contribution in [0.5, 0.6) is 0 Å². The van der Waals surface area contributed by atoms with Gasteiger partial charge in [0.25, 0.3) is 0 Å². The highest BCUT2D eigenvalue weighted by Gasteiger charge is 2.08. The van der Waals surface area contributed by atoms with Crippen LogP contribution in [0.2, 0.25) is 0 Å². The second-order valence-corrected chi connectivity index (χ2v) is 5.97. The van der Waals surface area contributed by atoms with Crippen LogP contribution in [0.15, 0.2) is 21.2 Å². The predicted octanol–water partition coefficient (Wildman–Crippen LogP) is 4.06. The van der Waals surface area contributed by atoms with Gasteiger partial charge >= 0.3 is 0 Å². The topological polar surface area (TPSA) is 16.1 Å². The Hall–Kier alpha value is 0.200. The lowest BCUT2D eigenvalue weighted by Gasteiger charge is -2.20. The number of halogens is 3. The number of hydrogen-bond donors (Lipinski definition) is 0. The Kier molecular flexibility index (Phi) is 5.36. The van der Waals surface area contributed by atoms with Crippen LogP contribution in [0.3, 0.4) is 0 Å². The van der Waals surface area contributed by atoms with Crippen LogP contribution >= 0.6 is 43.5 Å². The molecule has 0 bridgehead atoms. The molecule has 84 valence electrons. The van der Waals surface area contributed by atoms with Crippen LogP contribution in [-0.4, -0.2) is 24.0 Å². The van der Waals surface area contributed by atoms with Gasteiger partial charge in [-0.2, -0.15) is 0 Å². The molecule has 1 unspecified atom stereocenters. The molecule has 0 aliphatic rings. The predicted molar refractivity (Wildman–Crippen MR) is 72.8 cm³/mol. The average molecular weight is 356 g/mol. The first-order valence-corrected chi connectivity index (χ1v) is 6.69. The first-order chi connectivity index (χ1) is 7.00. The van der Waals surface area contributed by atoms with E-state index in [4.69, 9.17) is 11.6 Å². The molecule has 0 saturated carbocycles. The number of alkyl halides is 1. The minimum Gasteiger partial charge on any atom is -0.359 e. The maximum atomic E-state index is 5.91. The molecule has 0 saturated heterocycles. The molecule has 15 heavy (non-hydrogen) atoms. The lowest BCUT2D eigenvalue weighted by Crippen LogP contribution is -2.21. The highest BCUT2D eigenvalue weighted by molar-refractivity contribution is 9.11. The van der Waals surface area contributed by atoms with E-state index in [0.29, 0.717) is 0 Å². The van der Waals surface area contributed by atoms with E-state index in [1.807, 2.05) is 20.0 Å². The van der Waals surface area contributed by atoms with E-state index in [9.17, 15) is 0 Å². The average Bonchev–Trinajstić information content (AvgIpc) is 2.14. The number of hydrogen-bond acceptors (Lipinski definition) is 2. The molecule has 0 radical (unpaired) electrons. The molecule has 1 aromatic rings. The third-order valence-corrected chi connectivity index (χ3v) is 3.25. The molecule has 0 amide bonds. The van der Waals surface area contributed by atoms with E-state index in [1.165, 1.54) is 0 Å². The van der Waals surface area contributed by atoms with E-state index in [0.717, 1.165) is 27.7 Å². The molecule has 0 N–H and O–H groups in total. The van der Waals surface area contributed by atoms with E-state index in [1.54, 1.807) is 6.20 Å². The van der Waals surface area contributed by atoms with Gasteiger partial charge in [0.1, 0.15) is 5.82 Å². The number of anilines is 1. The number of pyridine rings is 1. The van der Waals surface area contributed by atoms with Crippen molar-refractivity contribution in [1.82, 2.24) is 4.98 Å². The van der Waals surface area contributed by atoms with E-state index in [-0.39, 0.29) is 5.38 Å². The summed E-state index contributed by atoms with van der Waals surface area (Å²) in [5.74, 6) is 0.940. The fraction of sp³-hybridized carbons (Fsp3) is 0.500. The van der Waals surface area contributed by atoms with Crippen LogP contribution in [0.1, 0.15) is 13.3 Å². The summed E-state index contributed by atoms with van der Waals surface area (Å²) in [6.07, 6.45) is 2.74. The molecular weight excluding hydrogens is 343 g/mol. The third kappa shape index (κ3) is 4.29. The maximum absolute atomic E-state index is 5.91. The summed E-state index contributed by atoms with van der Waals surface area (Å²) in [5, 5.41) is 0.196. The van der Waals surface area contributed by atoms with Gasteiger partial charge in [-0.3, -0.25) is 0 Å². The lowest BCUT2D eigenvalue weighted by atomic mass is 10.3. The molecule has 0 aliphatic heterocycles. The van der Waals surface area contributed by atoms with E-state index >= 15 is 0 Å². The van der Waals surface area contributed by atoms with Gasteiger partial charge < -0.3 is 4.90 Å². The fourth-order valence-corrected chi connectivity index (χ4v) is 2.55. The van der Waals surface area contributed by atoms with E-state index in [2.05, 4.69) is 41.7 Å². The van der Waals surface area contributed by atoms with Crippen molar-refractivity contribution in [1.29, 1.82) is 0 Å². The van der Waals surface area contributed by atoms with Crippen LogP contribution in [0, 0.1) is 0 Å². The van der Waals surface area contributed by atoms with Gasteiger partial charge in [0.2, 0.25) is 0 Å². The smallest absolute Gasteiger partial charge is 0.142 e. The second kappa shape index (κ2) is 6.06. The van der Waals surface area contributed by atoms with Gasteiger partial charge in [-0.1, -0.05) is 0 Å². The van der Waals surface area contributed by atoms with Crippen LogP contribution in [0.4, 0.5) is 5.82 Å². The van der Waals surface area contributed by atoms with Gasteiger partial charge in [0.05, 0.1) is 4.47 Å². The molecule has 1 rings (SSSR count). The summed E-state index contributed by atoms with van der Waals surface area (Å²) in [4.78, 5) is 6.44. The highest BCUT2D eigenvalue weighted by Crippen LogP contribution is 2.26. The Morgan fingerprint density at radius 3 is 2.73 bits per heavy atom. The molecule has 1 heterocycles. The third-order valence-electron chi connectivity index (χ3n) is 2.01. The molecule has 0 fully saturated rings. The normalized spacial score (nSPS) is 12.6. The molecule has 2 nitrogen and oxygen atoms in total. The van der Waals surface area contributed by atoms with Crippen LogP contribution in [0.25, 0.3) is 0 Å². The SMILES string of the molecule is CC(Cl)CCN(C)c1ncc(Br)cc1Br. The fourth-order valence-electron chi connectivity index (χ4n) is 1.17.